The molecule has 0 radical (unpaired) electrons. The molecule has 0 bridgehead atoms. The Morgan fingerprint density at radius 2 is 1.95 bits per heavy atom. The van der Waals surface area contributed by atoms with E-state index in [2.05, 4.69) is 23.1 Å². The lowest BCUT2D eigenvalue weighted by molar-refractivity contribution is -0.123. The maximum atomic E-state index is 12.7. The third kappa shape index (κ3) is 2.58. The molecule has 1 aromatic rings. The Morgan fingerprint density at radius 1 is 1.20 bits per heavy atom. The second kappa shape index (κ2) is 5.94. The molecule has 1 amide bonds. The van der Waals surface area contributed by atoms with Crippen LogP contribution in [0.15, 0.2) is 24.3 Å². The zero-order chi connectivity index (χ0) is 13.9. The standard InChI is InChI=1S/C16H23N3O/c17-8-12-18-9-5-14(6-10-18)16(20)19-11-7-13-3-1-2-4-15(13)19/h1-4,14H,5-12,17H2. The number of carbonyl (C=O) groups is 1. The van der Waals surface area contributed by atoms with Crippen molar-refractivity contribution in [3.05, 3.63) is 29.8 Å². The summed E-state index contributed by atoms with van der Waals surface area (Å²) in [6.07, 6.45) is 2.93. The SMILES string of the molecule is NCCN1CCC(C(=O)N2CCc3ccccc32)CC1. The molecule has 0 aromatic heterocycles. The largest absolute Gasteiger partial charge is 0.329 e. The number of para-hydroxylation sites is 1. The van der Waals surface area contributed by atoms with Crippen LogP contribution in [0.2, 0.25) is 0 Å². The van der Waals surface area contributed by atoms with Gasteiger partial charge in [0.15, 0.2) is 0 Å². The summed E-state index contributed by atoms with van der Waals surface area (Å²) < 4.78 is 0. The van der Waals surface area contributed by atoms with Crippen LogP contribution in [0.1, 0.15) is 18.4 Å². The van der Waals surface area contributed by atoms with E-state index >= 15 is 0 Å². The van der Waals surface area contributed by atoms with Gasteiger partial charge in [0.1, 0.15) is 0 Å². The van der Waals surface area contributed by atoms with Gasteiger partial charge in [-0.25, -0.2) is 0 Å². The maximum Gasteiger partial charge on any atom is 0.230 e. The minimum Gasteiger partial charge on any atom is -0.329 e. The number of rotatable bonds is 3. The number of likely N-dealkylation sites (tertiary alicyclic amines) is 1. The Balaban J connectivity index is 1.64. The van der Waals surface area contributed by atoms with Gasteiger partial charge in [-0.05, 0) is 44.0 Å². The predicted octanol–water partition coefficient (Wildman–Crippen LogP) is 1.25. The summed E-state index contributed by atoms with van der Waals surface area (Å²) in [6.45, 7) is 4.51. The molecule has 2 aliphatic rings. The van der Waals surface area contributed by atoms with E-state index < -0.39 is 0 Å². The fraction of sp³-hybridized carbons (Fsp3) is 0.562. The Morgan fingerprint density at radius 3 is 2.70 bits per heavy atom. The van der Waals surface area contributed by atoms with Crippen molar-refractivity contribution in [1.82, 2.24) is 4.90 Å². The van der Waals surface area contributed by atoms with Crippen LogP contribution in [-0.2, 0) is 11.2 Å². The number of nitrogens with zero attached hydrogens (tertiary/aromatic N) is 2. The monoisotopic (exact) mass is 273 g/mol. The molecule has 2 heterocycles. The molecule has 1 fully saturated rings. The zero-order valence-corrected chi connectivity index (χ0v) is 11.9. The minimum atomic E-state index is 0.190. The summed E-state index contributed by atoms with van der Waals surface area (Å²) in [4.78, 5) is 17.1. The van der Waals surface area contributed by atoms with E-state index in [1.165, 1.54) is 5.56 Å². The van der Waals surface area contributed by atoms with Crippen LogP contribution in [0.25, 0.3) is 0 Å². The van der Waals surface area contributed by atoms with Gasteiger partial charge in [-0.15, -0.1) is 0 Å². The molecule has 0 atom stereocenters. The topological polar surface area (TPSA) is 49.6 Å². The average Bonchev–Trinajstić information content (AvgIpc) is 2.92. The highest BCUT2D eigenvalue weighted by Gasteiger charge is 2.31. The number of anilines is 1. The molecule has 1 saturated heterocycles. The summed E-state index contributed by atoms with van der Waals surface area (Å²) in [6, 6.07) is 8.28. The van der Waals surface area contributed by atoms with Crippen molar-refractivity contribution in [2.24, 2.45) is 11.7 Å². The first kappa shape index (κ1) is 13.6. The molecular weight excluding hydrogens is 250 g/mol. The quantitative estimate of drug-likeness (QED) is 0.901. The van der Waals surface area contributed by atoms with Crippen molar-refractivity contribution >= 4 is 11.6 Å². The first-order valence-electron chi connectivity index (χ1n) is 7.61. The highest BCUT2D eigenvalue weighted by Crippen LogP contribution is 2.30. The fourth-order valence-corrected chi connectivity index (χ4v) is 3.37. The van der Waals surface area contributed by atoms with Crippen LogP contribution >= 0.6 is 0 Å². The van der Waals surface area contributed by atoms with Crippen molar-refractivity contribution in [1.29, 1.82) is 0 Å². The molecule has 2 N–H and O–H groups in total. The van der Waals surface area contributed by atoms with Crippen molar-refractivity contribution in [3.8, 4) is 0 Å². The van der Waals surface area contributed by atoms with E-state index in [1.807, 2.05) is 11.0 Å². The molecule has 0 saturated carbocycles. The number of hydrogen-bond donors (Lipinski definition) is 1. The van der Waals surface area contributed by atoms with Gasteiger partial charge in [-0.1, -0.05) is 18.2 Å². The summed E-state index contributed by atoms with van der Waals surface area (Å²) in [5.41, 5.74) is 8.02. The average molecular weight is 273 g/mol. The van der Waals surface area contributed by atoms with Crippen molar-refractivity contribution in [2.45, 2.75) is 19.3 Å². The van der Waals surface area contributed by atoms with Gasteiger partial charge in [-0.3, -0.25) is 4.79 Å². The second-order valence-corrected chi connectivity index (χ2v) is 5.77. The number of benzene rings is 1. The number of fused-ring (bicyclic) bond motifs is 1. The molecule has 0 aliphatic carbocycles. The van der Waals surface area contributed by atoms with Crippen molar-refractivity contribution in [3.63, 3.8) is 0 Å². The Bertz CT molecular complexity index is 480. The molecule has 2 aliphatic heterocycles. The van der Waals surface area contributed by atoms with Gasteiger partial charge >= 0.3 is 0 Å². The third-order valence-corrected chi connectivity index (χ3v) is 4.54. The summed E-state index contributed by atoms with van der Waals surface area (Å²) in [7, 11) is 0. The number of hydrogen-bond acceptors (Lipinski definition) is 3. The van der Waals surface area contributed by atoms with Gasteiger partial charge in [0, 0.05) is 31.2 Å². The first-order chi connectivity index (χ1) is 9.79. The minimum absolute atomic E-state index is 0.190. The molecule has 4 nitrogen and oxygen atoms in total. The Labute approximate surface area is 120 Å². The molecule has 0 unspecified atom stereocenters. The predicted molar refractivity (Wildman–Crippen MR) is 80.7 cm³/mol. The number of amides is 1. The van der Waals surface area contributed by atoms with E-state index in [0.717, 1.165) is 51.1 Å². The molecule has 1 aromatic carbocycles. The normalized spacial score (nSPS) is 20.1. The highest BCUT2D eigenvalue weighted by atomic mass is 16.2. The lowest BCUT2D eigenvalue weighted by Crippen LogP contribution is -2.43. The summed E-state index contributed by atoms with van der Waals surface area (Å²) in [5, 5.41) is 0. The summed E-state index contributed by atoms with van der Waals surface area (Å²) >= 11 is 0. The highest BCUT2D eigenvalue weighted by molar-refractivity contribution is 5.97. The van der Waals surface area contributed by atoms with Crippen LogP contribution in [0.4, 0.5) is 5.69 Å². The van der Waals surface area contributed by atoms with Crippen molar-refractivity contribution < 1.29 is 4.79 Å². The van der Waals surface area contributed by atoms with Gasteiger partial charge in [0.05, 0.1) is 0 Å². The first-order valence-corrected chi connectivity index (χ1v) is 7.61. The van der Waals surface area contributed by atoms with E-state index in [1.54, 1.807) is 0 Å². The van der Waals surface area contributed by atoms with E-state index in [4.69, 9.17) is 5.73 Å². The van der Waals surface area contributed by atoms with Crippen LogP contribution in [0, 0.1) is 5.92 Å². The van der Waals surface area contributed by atoms with E-state index in [9.17, 15) is 4.79 Å². The van der Waals surface area contributed by atoms with E-state index in [-0.39, 0.29) is 5.92 Å². The van der Waals surface area contributed by atoms with E-state index in [0.29, 0.717) is 12.5 Å². The maximum absolute atomic E-state index is 12.7. The van der Waals surface area contributed by atoms with Crippen LogP contribution in [0.5, 0.6) is 0 Å². The second-order valence-electron chi connectivity index (χ2n) is 5.77. The molecular formula is C16H23N3O. The van der Waals surface area contributed by atoms with Gasteiger partial charge in [0.25, 0.3) is 0 Å². The van der Waals surface area contributed by atoms with Crippen LogP contribution < -0.4 is 10.6 Å². The van der Waals surface area contributed by atoms with Gasteiger partial charge in [0.2, 0.25) is 5.91 Å². The molecule has 20 heavy (non-hydrogen) atoms. The number of carbonyl (C=O) groups excluding carboxylic acids is 1. The van der Waals surface area contributed by atoms with Crippen LogP contribution in [-0.4, -0.2) is 43.5 Å². The smallest absolute Gasteiger partial charge is 0.230 e. The molecule has 4 heteroatoms. The zero-order valence-electron chi connectivity index (χ0n) is 11.9. The lowest BCUT2D eigenvalue weighted by atomic mass is 9.95. The molecule has 108 valence electrons. The van der Waals surface area contributed by atoms with Gasteiger partial charge in [-0.2, -0.15) is 0 Å². The fourth-order valence-electron chi connectivity index (χ4n) is 3.37. The lowest BCUT2D eigenvalue weighted by Gasteiger charge is -2.33. The number of nitrogens with two attached hydrogens (primary N) is 1. The third-order valence-electron chi connectivity index (χ3n) is 4.54. The molecule has 3 rings (SSSR count). The van der Waals surface area contributed by atoms with Gasteiger partial charge < -0.3 is 15.5 Å². The molecule has 0 spiro atoms. The van der Waals surface area contributed by atoms with Crippen molar-refractivity contribution in [2.75, 3.05) is 37.6 Å². The summed E-state index contributed by atoms with van der Waals surface area (Å²) in [5.74, 6) is 0.512. The Hall–Kier alpha value is -1.39. The Kier molecular flexibility index (Phi) is 4.03. The number of piperidine rings is 1. The van der Waals surface area contributed by atoms with Crippen LogP contribution in [0.3, 0.4) is 0 Å².